The first kappa shape index (κ1) is 26.2. The molecule has 0 radical (unpaired) electrons. The van der Waals surface area contributed by atoms with Crippen molar-refractivity contribution in [3.63, 3.8) is 0 Å². The molecular weight excluding hydrogens is 462 g/mol. The van der Waals surface area contributed by atoms with E-state index >= 15 is 0 Å². The van der Waals surface area contributed by atoms with Crippen molar-refractivity contribution in [2.24, 2.45) is 0 Å². The monoisotopic (exact) mass is 497 g/mol. The van der Waals surface area contributed by atoms with E-state index in [0.29, 0.717) is 0 Å². The number of likely N-dealkylation sites (tertiary alicyclic amines) is 1. The predicted molar refractivity (Wildman–Crippen MR) is 152 cm³/mol. The van der Waals surface area contributed by atoms with E-state index in [0.717, 1.165) is 38.9 Å². The molecule has 1 saturated heterocycles. The highest BCUT2D eigenvalue weighted by atomic mass is 35.5. The van der Waals surface area contributed by atoms with Crippen molar-refractivity contribution < 1.29 is 5.11 Å². The van der Waals surface area contributed by atoms with Gasteiger partial charge in [-0.1, -0.05) is 121 Å². The highest BCUT2D eigenvalue weighted by Gasteiger charge is 2.39. The van der Waals surface area contributed by atoms with Crippen LogP contribution < -0.4 is 0 Å². The summed E-state index contributed by atoms with van der Waals surface area (Å²) in [7, 11) is 0. The first-order valence-electron chi connectivity index (χ1n) is 12.8. The van der Waals surface area contributed by atoms with Crippen molar-refractivity contribution in [2.45, 2.75) is 30.1 Å². The van der Waals surface area contributed by atoms with Crippen molar-refractivity contribution in [1.82, 2.24) is 4.90 Å². The second-order valence-electron chi connectivity index (χ2n) is 9.90. The van der Waals surface area contributed by atoms with Gasteiger partial charge in [0.25, 0.3) is 0 Å². The number of hydrogen-bond donors (Lipinski definition) is 1. The number of halogens is 1. The Morgan fingerprint density at radius 1 is 0.611 bits per heavy atom. The third kappa shape index (κ3) is 5.13. The normalized spacial score (nSPS) is 15.7. The Morgan fingerprint density at radius 3 is 1.39 bits per heavy atom. The summed E-state index contributed by atoms with van der Waals surface area (Å²) in [5, 5.41) is 10.4. The first-order valence-corrected chi connectivity index (χ1v) is 12.8. The molecule has 0 aromatic heterocycles. The van der Waals surface area contributed by atoms with Gasteiger partial charge in [0.2, 0.25) is 0 Å². The second-order valence-corrected chi connectivity index (χ2v) is 9.90. The Bertz CT molecular complexity index is 1080. The maximum Gasteiger partial charge on any atom is 0.0528 e. The number of aliphatic hydroxyl groups is 1. The smallest absolute Gasteiger partial charge is 0.0528 e. The van der Waals surface area contributed by atoms with Gasteiger partial charge < -0.3 is 10.0 Å². The predicted octanol–water partition coefficient (Wildman–Crippen LogP) is 6.86. The standard InChI is InChI=1S/C33H35NO.ClH/c35-27-32(28-13-5-1-6-14-28)21-24-34(25-22-32)26-23-33(29-15-7-2-8-16-29,30-17-9-3-10-18-30)31-19-11-4-12-20-31;/h1-20,35H,21-27H2;1H. The lowest BCUT2D eigenvalue weighted by atomic mass is 9.67. The van der Waals surface area contributed by atoms with E-state index in [2.05, 4.69) is 126 Å². The Kier molecular flexibility index (Phi) is 8.64. The Hall–Kier alpha value is -2.91. The molecule has 4 aromatic rings. The van der Waals surface area contributed by atoms with Crippen LogP contribution >= 0.6 is 12.4 Å². The maximum absolute atomic E-state index is 10.4. The molecule has 1 N–H and O–H groups in total. The summed E-state index contributed by atoms with van der Waals surface area (Å²) in [5.41, 5.74) is 4.95. The molecule has 3 heteroatoms. The zero-order valence-electron chi connectivity index (χ0n) is 20.8. The zero-order valence-corrected chi connectivity index (χ0v) is 21.6. The molecule has 1 heterocycles. The molecule has 1 fully saturated rings. The van der Waals surface area contributed by atoms with Gasteiger partial charge in [-0.15, -0.1) is 12.4 Å². The maximum atomic E-state index is 10.4. The van der Waals surface area contributed by atoms with Crippen LogP contribution in [0.1, 0.15) is 41.5 Å². The quantitative estimate of drug-likeness (QED) is 0.269. The van der Waals surface area contributed by atoms with Crippen molar-refractivity contribution >= 4 is 12.4 Å². The van der Waals surface area contributed by atoms with E-state index in [1.54, 1.807) is 0 Å². The molecule has 0 atom stereocenters. The second kappa shape index (κ2) is 11.9. The molecule has 0 aliphatic carbocycles. The highest BCUT2D eigenvalue weighted by Crippen LogP contribution is 2.43. The van der Waals surface area contributed by atoms with E-state index in [-0.39, 0.29) is 29.8 Å². The van der Waals surface area contributed by atoms with Gasteiger partial charge in [0.05, 0.1) is 6.61 Å². The average Bonchev–Trinajstić information content (AvgIpc) is 2.96. The largest absolute Gasteiger partial charge is 0.395 e. The molecule has 1 aliphatic rings. The van der Waals surface area contributed by atoms with Gasteiger partial charge >= 0.3 is 0 Å². The number of rotatable bonds is 8. The Balaban J connectivity index is 0.00000304. The SMILES string of the molecule is Cl.OCC1(c2ccccc2)CCN(CCC(c2ccccc2)(c2ccccc2)c2ccccc2)CC1. The molecule has 0 spiro atoms. The molecule has 4 aromatic carbocycles. The van der Waals surface area contributed by atoms with Crippen LogP contribution in [0.5, 0.6) is 0 Å². The van der Waals surface area contributed by atoms with Crippen molar-refractivity contribution in [1.29, 1.82) is 0 Å². The van der Waals surface area contributed by atoms with Gasteiger partial charge in [-0.2, -0.15) is 0 Å². The fourth-order valence-electron chi connectivity index (χ4n) is 5.96. The molecule has 5 rings (SSSR count). The topological polar surface area (TPSA) is 23.5 Å². The third-order valence-electron chi connectivity index (χ3n) is 8.10. The van der Waals surface area contributed by atoms with Crippen LogP contribution in [0.4, 0.5) is 0 Å². The molecule has 0 bridgehead atoms. The van der Waals surface area contributed by atoms with Gasteiger partial charge in [0, 0.05) is 10.8 Å². The van der Waals surface area contributed by atoms with Crippen LogP contribution in [0.3, 0.4) is 0 Å². The fourth-order valence-corrected chi connectivity index (χ4v) is 5.96. The molecule has 1 aliphatic heterocycles. The number of aliphatic hydroxyl groups excluding tert-OH is 1. The van der Waals surface area contributed by atoms with Crippen LogP contribution in [0.2, 0.25) is 0 Å². The van der Waals surface area contributed by atoms with Crippen molar-refractivity contribution in [2.75, 3.05) is 26.2 Å². The van der Waals surface area contributed by atoms with Gasteiger partial charge in [-0.3, -0.25) is 0 Å². The van der Waals surface area contributed by atoms with Gasteiger partial charge in [0.15, 0.2) is 0 Å². The molecule has 0 amide bonds. The van der Waals surface area contributed by atoms with E-state index in [1.165, 1.54) is 22.3 Å². The minimum absolute atomic E-state index is 0. The number of benzene rings is 4. The minimum atomic E-state index is -0.214. The third-order valence-corrected chi connectivity index (χ3v) is 8.10. The van der Waals surface area contributed by atoms with Crippen LogP contribution in [-0.2, 0) is 10.8 Å². The lowest BCUT2D eigenvalue weighted by Crippen LogP contribution is -2.46. The summed E-state index contributed by atoms with van der Waals surface area (Å²) in [5.74, 6) is 0. The van der Waals surface area contributed by atoms with Crippen molar-refractivity contribution in [3.05, 3.63) is 144 Å². The van der Waals surface area contributed by atoms with Gasteiger partial charge in [-0.05, 0) is 61.2 Å². The van der Waals surface area contributed by atoms with Crippen LogP contribution in [0.15, 0.2) is 121 Å². The summed E-state index contributed by atoms with van der Waals surface area (Å²) in [6.45, 7) is 3.23. The lowest BCUT2D eigenvalue weighted by molar-refractivity contribution is 0.0983. The summed E-state index contributed by atoms with van der Waals surface area (Å²) < 4.78 is 0. The summed E-state index contributed by atoms with van der Waals surface area (Å²) in [4.78, 5) is 2.60. The van der Waals surface area contributed by atoms with Crippen LogP contribution in [0.25, 0.3) is 0 Å². The molecule has 0 saturated carbocycles. The summed E-state index contributed by atoms with van der Waals surface area (Å²) >= 11 is 0. The van der Waals surface area contributed by atoms with E-state index < -0.39 is 0 Å². The van der Waals surface area contributed by atoms with Gasteiger partial charge in [0.1, 0.15) is 0 Å². The summed E-state index contributed by atoms with van der Waals surface area (Å²) in [6, 6.07) is 43.5. The van der Waals surface area contributed by atoms with E-state index in [4.69, 9.17) is 0 Å². The molecule has 0 unspecified atom stereocenters. The number of hydrogen-bond acceptors (Lipinski definition) is 2. The molecule has 36 heavy (non-hydrogen) atoms. The zero-order chi connectivity index (χ0) is 24.0. The Morgan fingerprint density at radius 2 is 1.00 bits per heavy atom. The van der Waals surface area contributed by atoms with E-state index in [9.17, 15) is 5.11 Å². The number of nitrogens with zero attached hydrogens (tertiary/aromatic N) is 1. The minimum Gasteiger partial charge on any atom is -0.395 e. The van der Waals surface area contributed by atoms with Crippen LogP contribution in [-0.4, -0.2) is 36.2 Å². The summed E-state index contributed by atoms with van der Waals surface area (Å²) in [6.07, 6.45) is 2.98. The van der Waals surface area contributed by atoms with Crippen molar-refractivity contribution in [3.8, 4) is 0 Å². The molecular formula is C33H36ClNO. The molecule has 2 nitrogen and oxygen atoms in total. The Labute approximate surface area is 222 Å². The lowest BCUT2D eigenvalue weighted by Gasteiger charge is -2.43. The number of piperidine rings is 1. The van der Waals surface area contributed by atoms with Crippen LogP contribution in [0, 0.1) is 0 Å². The average molecular weight is 498 g/mol. The van der Waals surface area contributed by atoms with E-state index in [1.807, 2.05) is 0 Å². The van der Waals surface area contributed by atoms with Gasteiger partial charge in [-0.25, -0.2) is 0 Å². The fraction of sp³-hybridized carbons (Fsp3) is 0.273. The highest BCUT2D eigenvalue weighted by molar-refractivity contribution is 5.85. The first-order chi connectivity index (χ1) is 17.3. The molecule has 186 valence electrons.